The van der Waals surface area contributed by atoms with E-state index in [1.165, 1.54) is 0 Å². The molecule has 1 heterocycles. The Morgan fingerprint density at radius 3 is 2.71 bits per heavy atom. The Morgan fingerprint density at radius 2 is 2.04 bits per heavy atom. The van der Waals surface area contributed by atoms with Crippen molar-refractivity contribution >= 4 is 17.1 Å². The Labute approximate surface area is 143 Å². The van der Waals surface area contributed by atoms with Crippen LogP contribution in [0.15, 0.2) is 24.3 Å². The van der Waals surface area contributed by atoms with Crippen molar-refractivity contribution in [3.63, 3.8) is 0 Å². The highest BCUT2D eigenvalue weighted by atomic mass is 16.3. The van der Waals surface area contributed by atoms with Crippen molar-refractivity contribution in [3.05, 3.63) is 30.1 Å². The first-order valence-electron chi connectivity index (χ1n) is 8.53. The maximum Gasteiger partial charge on any atom is 0.314 e. The molecule has 0 spiro atoms. The molecule has 1 aromatic carbocycles. The zero-order valence-electron chi connectivity index (χ0n) is 15.0. The Morgan fingerprint density at radius 1 is 1.33 bits per heavy atom. The average Bonchev–Trinajstić information content (AvgIpc) is 2.90. The van der Waals surface area contributed by atoms with E-state index < -0.39 is 5.60 Å². The number of nitrogens with zero attached hydrogens (tertiary/aromatic N) is 2. The quantitative estimate of drug-likeness (QED) is 0.728. The predicted octanol–water partition coefficient (Wildman–Crippen LogP) is 2.30. The molecule has 1 unspecified atom stereocenters. The molecular formula is C18H28N4O2. The maximum absolute atomic E-state index is 11.9. The van der Waals surface area contributed by atoms with Crippen LogP contribution in [-0.2, 0) is 13.0 Å². The van der Waals surface area contributed by atoms with Crippen LogP contribution in [0.1, 0.15) is 33.5 Å². The molecule has 0 radical (unpaired) electrons. The number of carbonyl (C=O) groups is 1. The number of imidazole rings is 1. The van der Waals surface area contributed by atoms with Gasteiger partial charge in [-0.05, 0) is 31.9 Å². The molecule has 6 heteroatoms. The number of carbonyl (C=O) groups excluding carboxylic acids is 1. The van der Waals surface area contributed by atoms with Gasteiger partial charge in [0.25, 0.3) is 0 Å². The molecule has 2 rings (SSSR count). The first kappa shape index (κ1) is 18.3. The molecular weight excluding hydrogens is 304 g/mol. The first-order valence-corrected chi connectivity index (χ1v) is 8.53. The van der Waals surface area contributed by atoms with E-state index in [0.29, 0.717) is 13.0 Å². The van der Waals surface area contributed by atoms with Crippen LogP contribution < -0.4 is 10.6 Å². The second-order valence-corrected chi connectivity index (χ2v) is 6.63. The summed E-state index contributed by atoms with van der Waals surface area (Å²) in [5.74, 6) is 1.04. The number of aromatic nitrogens is 2. The fourth-order valence-corrected chi connectivity index (χ4v) is 2.48. The number of aryl methyl sites for hydroxylation is 1. The van der Waals surface area contributed by atoms with Crippen LogP contribution in [0.5, 0.6) is 0 Å². The highest BCUT2D eigenvalue weighted by Crippen LogP contribution is 2.16. The number of hydrogen-bond donors (Lipinski definition) is 3. The van der Waals surface area contributed by atoms with Crippen molar-refractivity contribution in [1.82, 2.24) is 20.2 Å². The summed E-state index contributed by atoms with van der Waals surface area (Å²) in [5.41, 5.74) is 1.19. The summed E-state index contributed by atoms with van der Waals surface area (Å²) in [6.45, 7) is 9.24. The third kappa shape index (κ3) is 4.26. The fraction of sp³-hybridized carbons (Fsp3) is 0.556. The van der Waals surface area contributed by atoms with Crippen molar-refractivity contribution in [3.8, 4) is 0 Å². The first-order chi connectivity index (χ1) is 11.3. The molecule has 0 saturated carbocycles. The third-order valence-electron chi connectivity index (χ3n) is 4.53. The number of urea groups is 1. The van der Waals surface area contributed by atoms with Gasteiger partial charge < -0.3 is 20.3 Å². The standard InChI is InChI=1S/C18H28N4O2/c1-5-22-15-9-7-6-8-14(15)21-16(22)10-11-19-17(23)20-12-18(4,24)13(2)3/h6-9,13,24H,5,10-12H2,1-4H3,(H2,19,20,23). The molecule has 2 aromatic rings. The Hall–Kier alpha value is -2.08. The summed E-state index contributed by atoms with van der Waals surface area (Å²) in [5, 5.41) is 15.7. The van der Waals surface area contributed by atoms with Gasteiger partial charge in [-0.25, -0.2) is 9.78 Å². The SMILES string of the molecule is CCn1c(CCNC(=O)NCC(C)(O)C(C)C)nc2ccccc21. The zero-order chi connectivity index (χ0) is 17.7. The van der Waals surface area contributed by atoms with E-state index in [0.717, 1.165) is 23.4 Å². The summed E-state index contributed by atoms with van der Waals surface area (Å²) < 4.78 is 2.17. The van der Waals surface area contributed by atoms with Gasteiger partial charge in [-0.2, -0.15) is 0 Å². The van der Waals surface area contributed by atoms with Crippen LogP contribution in [-0.4, -0.2) is 39.4 Å². The molecule has 0 aliphatic rings. The Kier molecular flexibility index (Phi) is 5.83. The molecule has 0 fully saturated rings. The number of rotatable bonds is 7. The van der Waals surface area contributed by atoms with Crippen LogP contribution in [0, 0.1) is 5.92 Å². The smallest absolute Gasteiger partial charge is 0.314 e. The van der Waals surface area contributed by atoms with Gasteiger partial charge in [-0.1, -0.05) is 26.0 Å². The van der Waals surface area contributed by atoms with E-state index in [2.05, 4.69) is 33.2 Å². The Bertz CT molecular complexity index is 691. The number of aliphatic hydroxyl groups is 1. The topological polar surface area (TPSA) is 79.2 Å². The van der Waals surface area contributed by atoms with E-state index in [1.54, 1.807) is 6.92 Å². The van der Waals surface area contributed by atoms with Gasteiger partial charge in [-0.3, -0.25) is 0 Å². The van der Waals surface area contributed by atoms with Crippen molar-refractivity contribution in [2.24, 2.45) is 5.92 Å². The molecule has 6 nitrogen and oxygen atoms in total. The molecule has 132 valence electrons. The lowest BCUT2D eigenvalue weighted by molar-refractivity contribution is 0.0166. The monoisotopic (exact) mass is 332 g/mol. The lowest BCUT2D eigenvalue weighted by Crippen LogP contribution is -2.47. The normalized spacial score (nSPS) is 13.9. The molecule has 3 N–H and O–H groups in total. The van der Waals surface area contributed by atoms with Crippen molar-refractivity contribution < 1.29 is 9.90 Å². The van der Waals surface area contributed by atoms with Gasteiger partial charge in [0.2, 0.25) is 0 Å². The van der Waals surface area contributed by atoms with E-state index in [-0.39, 0.29) is 18.5 Å². The third-order valence-corrected chi connectivity index (χ3v) is 4.53. The van der Waals surface area contributed by atoms with Crippen LogP contribution >= 0.6 is 0 Å². The molecule has 0 aliphatic heterocycles. The van der Waals surface area contributed by atoms with Crippen molar-refractivity contribution in [2.75, 3.05) is 13.1 Å². The molecule has 1 aromatic heterocycles. The molecule has 1 atom stereocenters. The highest BCUT2D eigenvalue weighted by Gasteiger charge is 2.25. The van der Waals surface area contributed by atoms with Crippen molar-refractivity contribution in [1.29, 1.82) is 0 Å². The second-order valence-electron chi connectivity index (χ2n) is 6.63. The summed E-state index contributed by atoms with van der Waals surface area (Å²) >= 11 is 0. The second kappa shape index (κ2) is 7.66. The minimum Gasteiger partial charge on any atom is -0.388 e. The zero-order valence-corrected chi connectivity index (χ0v) is 15.0. The molecule has 0 bridgehead atoms. The lowest BCUT2D eigenvalue weighted by Gasteiger charge is -2.27. The van der Waals surface area contributed by atoms with Gasteiger partial charge in [0, 0.05) is 26.1 Å². The number of para-hydroxylation sites is 2. The summed E-state index contributed by atoms with van der Waals surface area (Å²) in [4.78, 5) is 16.5. The summed E-state index contributed by atoms with van der Waals surface area (Å²) in [6.07, 6.45) is 0.663. The summed E-state index contributed by atoms with van der Waals surface area (Å²) in [7, 11) is 0. The van der Waals surface area contributed by atoms with Crippen LogP contribution in [0.3, 0.4) is 0 Å². The van der Waals surface area contributed by atoms with Gasteiger partial charge >= 0.3 is 6.03 Å². The predicted molar refractivity (Wildman–Crippen MR) is 96.0 cm³/mol. The maximum atomic E-state index is 11.9. The Balaban J connectivity index is 1.87. The number of nitrogens with one attached hydrogen (secondary N) is 2. The molecule has 0 aliphatic carbocycles. The van der Waals surface area contributed by atoms with Gasteiger partial charge in [0.05, 0.1) is 16.6 Å². The van der Waals surface area contributed by atoms with Crippen LogP contribution in [0.4, 0.5) is 4.79 Å². The van der Waals surface area contributed by atoms with Gasteiger partial charge in [-0.15, -0.1) is 0 Å². The largest absolute Gasteiger partial charge is 0.388 e. The number of amides is 2. The van der Waals surface area contributed by atoms with E-state index in [1.807, 2.05) is 32.0 Å². The number of hydrogen-bond acceptors (Lipinski definition) is 3. The number of benzene rings is 1. The average molecular weight is 332 g/mol. The van der Waals surface area contributed by atoms with Crippen LogP contribution in [0.25, 0.3) is 11.0 Å². The van der Waals surface area contributed by atoms with E-state index in [4.69, 9.17) is 0 Å². The van der Waals surface area contributed by atoms with Crippen molar-refractivity contribution in [2.45, 2.75) is 46.3 Å². The molecule has 2 amide bonds. The van der Waals surface area contributed by atoms with E-state index >= 15 is 0 Å². The number of fused-ring (bicyclic) bond motifs is 1. The summed E-state index contributed by atoms with van der Waals surface area (Å²) in [6, 6.07) is 7.77. The van der Waals surface area contributed by atoms with Gasteiger partial charge in [0.1, 0.15) is 5.82 Å². The van der Waals surface area contributed by atoms with E-state index in [9.17, 15) is 9.90 Å². The lowest BCUT2D eigenvalue weighted by atomic mass is 9.93. The highest BCUT2D eigenvalue weighted by molar-refractivity contribution is 5.76. The van der Waals surface area contributed by atoms with Crippen LogP contribution in [0.2, 0.25) is 0 Å². The minimum absolute atomic E-state index is 0.0715. The minimum atomic E-state index is -0.909. The van der Waals surface area contributed by atoms with Gasteiger partial charge in [0.15, 0.2) is 0 Å². The molecule has 24 heavy (non-hydrogen) atoms. The molecule has 0 saturated heterocycles. The fourth-order valence-electron chi connectivity index (χ4n) is 2.48.